The summed E-state index contributed by atoms with van der Waals surface area (Å²) in [5.41, 5.74) is 6.56. The first-order chi connectivity index (χ1) is 8.86. The minimum Gasteiger partial charge on any atom is -0.391 e. The Balaban J connectivity index is 3.07. The zero-order valence-electron chi connectivity index (χ0n) is 11.4. The van der Waals surface area contributed by atoms with Crippen LogP contribution in [0.25, 0.3) is 0 Å². The molecule has 0 atom stereocenters. The zero-order valence-corrected chi connectivity index (χ0v) is 13.0. The van der Waals surface area contributed by atoms with E-state index in [9.17, 15) is 4.79 Å². The summed E-state index contributed by atoms with van der Waals surface area (Å²) in [5.74, 6) is -0.198. The van der Waals surface area contributed by atoms with Crippen molar-refractivity contribution in [2.75, 3.05) is 0 Å². The van der Waals surface area contributed by atoms with Gasteiger partial charge in [0.2, 0.25) is 0 Å². The molecule has 0 fully saturated rings. The molecule has 1 aromatic rings. The molecule has 0 unspecified atom stereocenters. The Labute approximate surface area is 124 Å². The van der Waals surface area contributed by atoms with Gasteiger partial charge >= 0.3 is 0 Å². The van der Waals surface area contributed by atoms with Gasteiger partial charge in [-0.15, -0.1) is 0 Å². The van der Waals surface area contributed by atoms with Gasteiger partial charge in [-0.25, -0.2) is 0 Å². The van der Waals surface area contributed by atoms with Gasteiger partial charge in [-0.05, 0) is 37.5 Å². The van der Waals surface area contributed by atoms with E-state index in [2.05, 4.69) is 5.32 Å². The monoisotopic (exact) mass is 298 g/mol. The molecule has 0 saturated carbocycles. The summed E-state index contributed by atoms with van der Waals surface area (Å²) < 4.78 is 0. The maximum absolute atomic E-state index is 12.4. The second kappa shape index (κ2) is 6.35. The van der Waals surface area contributed by atoms with E-state index in [1.807, 2.05) is 26.8 Å². The average molecular weight is 299 g/mol. The van der Waals surface area contributed by atoms with Crippen molar-refractivity contribution in [3.05, 3.63) is 34.3 Å². The van der Waals surface area contributed by atoms with Gasteiger partial charge in [0, 0.05) is 10.6 Å². The van der Waals surface area contributed by atoms with Gasteiger partial charge in [-0.2, -0.15) is 0 Å². The first-order valence-electron chi connectivity index (χ1n) is 6.25. The number of halogens is 1. The van der Waals surface area contributed by atoms with E-state index in [-0.39, 0.29) is 5.91 Å². The Morgan fingerprint density at radius 3 is 2.47 bits per heavy atom. The fourth-order valence-electron chi connectivity index (χ4n) is 1.96. The molecular formula is C14H19ClN2OS. The molecule has 0 aliphatic carbocycles. The van der Waals surface area contributed by atoms with E-state index < -0.39 is 5.54 Å². The van der Waals surface area contributed by atoms with Crippen molar-refractivity contribution < 1.29 is 4.79 Å². The summed E-state index contributed by atoms with van der Waals surface area (Å²) in [6.45, 7) is 5.77. The largest absolute Gasteiger partial charge is 0.391 e. The predicted octanol–water partition coefficient (Wildman–Crippen LogP) is 3.22. The van der Waals surface area contributed by atoms with Crippen LogP contribution in [-0.4, -0.2) is 16.4 Å². The summed E-state index contributed by atoms with van der Waals surface area (Å²) in [6, 6.07) is 5.23. The summed E-state index contributed by atoms with van der Waals surface area (Å²) in [5, 5.41) is 3.48. The van der Waals surface area contributed by atoms with Gasteiger partial charge in [-0.3, -0.25) is 4.79 Å². The van der Waals surface area contributed by atoms with Crippen molar-refractivity contribution in [2.45, 2.75) is 39.2 Å². The molecule has 5 heteroatoms. The SMILES string of the molecule is CCC(CC)(NC(=O)c1cc(Cl)ccc1C)C(N)=S. The Bertz CT molecular complexity index is 498. The number of hydrogen-bond donors (Lipinski definition) is 2. The normalized spacial score (nSPS) is 11.2. The fourth-order valence-corrected chi connectivity index (χ4v) is 2.47. The predicted molar refractivity (Wildman–Crippen MR) is 83.8 cm³/mol. The molecule has 1 rings (SSSR count). The number of rotatable bonds is 5. The molecule has 3 nitrogen and oxygen atoms in total. The van der Waals surface area contributed by atoms with Crippen molar-refractivity contribution in [2.24, 2.45) is 5.73 Å². The number of nitrogens with two attached hydrogens (primary N) is 1. The molecule has 0 aliphatic rings. The van der Waals surface area contributed by atoms with Crippen LogP contribution in [-0.2, 0) is 0 Å². The van der Waals surface area contributed by atoms with Crippen LogP contribution in [0, 0.1) is 6.92 Å². The lowest BCUT2D eigenvalue weighted by atomic mass is 9.92. The molecule has 3 N–H and O–H groups in total. The van der Waals surface area contributed by atoms with Crippen LogP contribution in [0.1, 0.15) is 42.6 Å². The molecule has 0 bridgehead atoms. The van der Waals surface area contributed by atoms with Crippen LogP contribution in [0.3, 0.4) is 0 Å². The number of amides is 1. The lowest BCUT2D eigenvalue weighted by molar-refractivity contribution is 0.0919. The maximum Gasteiger partial charge on any atom is 0.252 e. The Morgan fingerprint density at radius 1 is 1.42 bits per heavy atom. The van der Waals surface area contributed by atoms with Crippen LogP contribution < -0.4 is 11.1 Å². The molecule has 1 amide bonds. The van der Waals surface area contributed by atoms with Crippen molar-refractivity contribution in [1.82, 2.24) is 5.32 Å². The molecule has 0 aliphatic heterocycles. The third kappa shape index (κ3) is 3.45. The third-order valence-corrected chi connectivity index (χ3v) is 4.10. The second-order valence-corrected chi connectivity index (χ2v) is 5.44. The molecule has 0 radical (unpaired) electrons. The minimum absolute atomic E-state index is 0.198. The van der Waals surface area contributed by atoms with E-state index in [1.165, 1.54) is 0 Å². The Morgan fingerprint density at radius 2 is 2.00 bits per heavy atom. The summed E-state index contributed by atoms with van der Waals surface area (Å²) in [6.07, 6.45) is 1.31. The second-order valence-electron chi connectivity index (χ2n) is 4.57. The van der Waals surface area contributed by atoms with Gasteiger partial charge in [0.25, 0.3) is 5.91 Å². The number of aryl methyl sites for hydroxylation is 1. The number of nitrogens with one attached hydrogen (secondary N) is 1. The lowest BCUT2D eigenvalue weighted by Gasteiger charge is -2.32. The van der Waals surface area contributed by atoms with Crippen molar-refractivity contribution in [1.29, 1.82) is 0 Å². The molecule has 0 aromatic heterocycles. The highest BCUT2D eigenvalue weighted by atomic mass is 35.5. The van der Waals surface area contributed by atoms with Crippen LogP contribution >= 0.6 is 23.8 Å². The van der Waals surface area contributed by atoms with E-state index in [1.54, 1.807) is 12.1 Å². The van der Waals surface area contributed by atoms with Gasteiger partial charge in [0.1, 0.15) is 0 Å². The first kappa shape index (κ1) is 15.9. The lowest BCUT2D eigenvalue weighted by Crippen LogP contribution is -2.56. The first-order valence-corrected chi connectivity index (χ1v) is 7.03. The minimum atomic E-state index is -0.638. The highest BCUT2D eigenvalue weighted by Gasteiger charge is 2.31. The van der Waals surface area contributed by atoms with E-state index in [0.717, 1.165) is 5.56 Å². The average Bonchev–Trinajstić information content (AvgIpc) is 2.38. The Hall–Kier alpha value is -1.13. The fraction of sp³-hybridized carbons (Fsp3) is 0.429. The quantitative estimate of drug-likeness (QED) is 0.821. The molecule has 19 heavy (non-hydrogen) atoms. The maximum atomic E-state index is 12.4. The van der Waals surface area contributed by atoms with E-state index in [0.29, 0.717) is 28.4 Å². The third-order valence-electron chi connectivity index (χ3n) is 3.48. The van der Waals surface area contributed by atoms with Gasteiger partial charge in [0.05, 0.1) is 10.5 Å². The van der Waals surface area contributed by atoms with Crippen molar-refractivity contribution >= 4 is 34.7 Å². The highest BCUT2D eigenvalue weighted by Crippen LogP contribution is 2.20. The molecule has 104 valence electrons. The number of carbonyl (C=O) groups excluding carboxylic acids is 1. The Kier molecular flexibility index (Phi) is 5.32. The molecule has 0 spiro atoms. The van der Waals surface area contributed by atoms with Crippen LogP contribution in [0.4, 0.5) is 0 Å². The standard InChI is InChI=1S/C14H19ClN2OS/c1-4-14(5-2,13(16)19)17-12(18)11-8-10(15)7-6-9(11)3/h6-8H,4-5H2,1-3H3,(H2,16,19)(H,17,18). The highest BCUT2D eigenvalue weighted by molar-refractivity contribution is 7.80. The molecule has 1 aromatic carbocycles. The molecular weight excluding hydrogens is 280 g/mol. The number of thiocarbonyl (C=S) groups is 1. The number of carbonyl (C=O) groups is 1. The van der Waals surface area contributed by atoms with E-state index >= 15 is 0 Å². The van der Waals surface area contributed by atoms with E-state index in [4.69, 9.17) is 29.6 Å². The van der Waals surface area contributed by atoms with Crippen molar-refractivity contribution in [3.63, 3.8) is 0 Å². The molecule has 0 saturated heterocycles. The summed E-state index contributed by atoms with van der Waals surface area (Å²) in [4.78, 5) is 12.7. The van der Waals surface area contributed by atoms with Crippen LogP contribution in [0.2, 0.25) is 5.02 Å². The number of hydrogen-bond acceptors (Lipinski definition) is 2. The summed E-state index contributed by atoms with van der Waals surface area (Å²) >= 11 is 11.0. The van der Waals surface area contributed by atoms with Gasteiger partial charge in [0.15, 0.2) is 0 Å². The van der Waals surface area contributed by atoms with Crippen molar-refractivity contribution in [3.8, 4) is 0 Å². The van der Waals surface area contributed by atoms with Gasteiger partial charge < -0.3 is 11.1 Å². The number of benzene rings is 1. The molecule has 0 heterocycles. The zero-order chi connectivity index (χ0) is 14.6. The van der Waals surface area contributed by atoms with Crippen LogP contribution in [0.15, 0.2) is 18.2 Å². The summed E-state index contributed by atoms with van der Waals surface area (Å²) in [7, 11) is 0. The smallest absolute Gasteiger partial charge is 0.252 e. The van der Waals surface area contributed by atoms with Crippen LogP contribution in [0.5, 0.6) is 0 Å². The topological polar surface area (TPSA) is 55.1 Å². The van der Waals surface area contributed by atoms with Gasteiger partial charge in [-0.1, -0.05) is 43.7 Å².